The number of carbonyl (C=O) groups excluding carboxylic acids is 1. The van der Waals surface area contributed by atoms with Crippen LogP contribution in [0.5, 0.6) is 0 Å². The van der Waals surface area contributed by atoms with Crippen molar-refractivity contribution in [1.29, 1.82) is 0 Å². The van der Waals surface area contributed by atoms with E-state index in [-0.39, 0.29) is 11.3 Å². The number of hydrogen-bond acceptors (Lipinski definition) is 2. The second kappa shape index (κ2) is 4.62. The number of hydrogen-bond donors (Lipinski definition) is 2. The molecule has 1 aliphatic carbocycles. The lowest BCUT2D eigenvalue weighted by molar-refractivity contribution is -0.126. The van der Waals surface area contributed by atoms with Crippen LogP contribution in [-0.2, 0) is 17.8 Å². The largest absolute Gasteiger partial charge is 0.388 e. The van der Waals surface area contributed by atoms with E-state index in [4.69, 9.17) is 5.73 Å². The van der Waals surface area contributed by atoms with Crippen LogP contribution in [0, 0.1) is 17.8 Å². The Morgan fingerprint density at radius 3 is 2.70 bits per heavy atom. The molecular formula is C16H26N2O2. The van der Waals surface area contributed by atoms with Crippen LogP contribution in [0.3, 0.4) is 0 Å². The van der Waals surface area contributed by atoms with Crippen molar-refractivity contribution in [2.75, 3.05) is 0 Å². The highest BCUT2D eigenvalue weighted by molar-refractivity contribution is 5.79. The SMILES string of the molecule is Cc1cc2c(n1CC(C)(C)C(N)=O)CC(C)(C)CC2O. The van der Waals surface area contributed by atoms with Crippen LogP contribution in [0.1, 0.15) is 57.2 Å². The predicted molar refractivity (Wildman–Crippen MR) is 79.2 cm³/mol. The standard InChI is InChI=1S/C16H26N2O2/c1-10-6-11-12(7-15(2,3)8-13(11)19)18(10)9-16(4,5)14(17)20/h6,13,19H,7-9H2,1-5H3,(H2,17,20). The third-order valence-electron chi connectivity index (χ3n) is 4.42. The van der Waals surface area contributed by atoms with Gasteiger partial charge in [-0.2, -0.15) is 0 Å². The summed E-state index contributed by atoms with van der Waals surface area (Å²) in [6.45, 7) is 10.7. The fraction of sp³-hybridized carbons (Fsp3) is 0.688. The summed E-state index contributed by atoms with van der Waals surface area (Å²) >= 11 is 0. The predicted octanol–water partition coefficient (Wildman–Crippen LogP) is 2.31. The van der Waals surface area contributed by atoms with E-state index in [1.54, 1.807) is 0 Å². The Morgan fingerprint density at radius 1 is 1.55 bits per heavy atom. The molecule has 0 aliphatic heterocycles. The molecule has 1 aliphatic rings. The lowest BCUT2D eigenvalue weighted by atomic mass is 9.75. The zero-order valence-corrected chi connectivity index (χ0v) is 13.2. The number of rotatable bonds is 3. The molecule has 0 fully saturated rings. The number of carbonyl (C=O) groups is 1. The van der Waals surface area contributed by atoms with E-state index < -0.39 is 11.5 Å². The van der Waals surface area contributed by atoms with Gasteiger partial charge in [0.05, 0.1) is 11.5 Å². The Labute approximate surface area is 121 Å². The Balaban J connectivity index is 2.44. The third-order valence-corrected chi connectivity index (χ3v) is 4.42. The number of fused-ring (bicyclic) bond motifs is 1. The second-order valence-electron chi connectivity index (χ2n) is 7.58. The molecule has 112 valence electrons. The Morgan fingerprint density at radius 2 is 2.15 bits per heavy atom. The van der Waals surface area contributed by atoms with Crippen LogP contribution < -0.4 is 5.73 Å². The Bertz CT molecular complexity index is 541. The van der Waals surface area contributed by atoms with Gasteiger partial charge in [0, 0.05) is 23.5 Å². The smallest absolute Gasteiger partial charge is 0.224 e. The number of nitrogens with zero attached hydrogens (tertiary/aromatic N) is 1. The maximum Gasteiger partial charge on any atom is 0.224 e. The van der Waals surface area contributed by atoms with Gasteiger partial charge in [0.25, 0.3) is 0 Å². The molecule has 4 heteroatoms. The summed E-state index contributed by atoms with van der Waals surface area (Å²) in [5.41, 5.74) is 8.23. The number of aryl methyl sites for hydroxylation is 1. The normalized spacial score (nSPS) is 21.6. The Kier molecular flexibility index (Phi) is 3.49. The van der Waals surface area contributed by atoms with Crippen LogP contribution in [0.2, 0.25) is 0 Å². The van der Waals surface area contributed by atoms with Crippen molar-refractivity contribution in [3.8, 4) is 0 Å². The van der Waals surface area contributed by atoms with Crippen molar-refractivity contribution >= 4 is 5.91 Å². The maximum atomic E-state index is 11.6. The van der Waals surface area contributed by atoms with Crippen molar-refractivity contribution in [1.82, 2.24) is 4.57 Å². The van der Waals surface area contributed by atoms with Crippen LogP contribution in [0.25, 0.3) is 0 Å². The van der Waals surface area contributed by atoms with E-state index in [1.807, 2.05) is 26.8 Å². The summed E-state index contributed by atoms with van der Waals surface area (Å²) in [6, 6.07) is 2.05. The zero-order valence-electron chi connectivity index (χ0n) is 13.2. The van der Waals surface area contributed by atoms with Gasteiger partial charge in [0.15, 0.2) is 0 Å². The van der Waals surface area contributed by atoms with Gasteiger partial charge in [0.1, 0.15) is 0 Å². The average Bonchev–Trinajstić information content (AvgIpc) is 2.55. The molecule has 1 atom stereocenters. The first-order chi connectivity index (χ1) is 9.03. The van der Waals surface area contributed by atoms with Crippen LogP contribution in [0.4, 0.5) is 0 Å². The van der Waals surface area contributed by atoms with Gasteiger partial charge in [-0.25, -0.2) is 0 Å². The maximum absolute atomic E-state index is 11.6. The molecule has 4 nitrogen and oxygen atoms in total. The molecule has 1 unspecified atom stereocenters. The highest BCUT2D eigenvalue weighted by Crippen LogP contribution is 2.42. The Hall–Kier alpha value is -1.29. The minimum Gasteiger partial charge on any atom is -0.388 e. The van der Waals surface area contributed by atoms with E-state index in [9.17, 15) is 9.90 Å². The number of aromatic nitrogens is 1. The lowest BCUT2D eigenvalue weighted by Crippen LogP contribution is -2.37. The van der Waals surface area contributed by atoms with Crippen LogP contribution in [-0.4, -0.2) is 15.6 Å². The first kappa shape index (κ1) is 15.1. The molecule has 0 aromatic carbocycles. The van der Waals surface area contributed by atoms with Gasteiger partial charge < -0.3 is 15.4 Å². The van der Waals surface area contributed by atoms with Crippen molar-refractivity contribution < 1.29 is 9.90 Å². The van der Waals surface area contributed by atoms with Gasteiger partial charge in [-0.05, 0) is 45.1 Å². The van der Waals surface area contributed by atoms with Crippen molar-refractivity contribution in [3.63, 3.8) is 0 Å². The molecular weight excluding hydrogens is 252 g/mol. The van der Waals surface area contributed by atoms with E-state index in [1.165, 1.54) is 0 Å². The first-order valence-electron chi connectivity index (χ1n) is 7.20. The molecule has 1 aromatic heterocycles. The monoisotopic (exact) mass is 278 g/mol. The van der Waals surface area contributed by atoms with Gasteiger partial charge in [-0.3, -0.25) is 4.79 Å². The molecule has 0 saturated carbocycles. The molecule has 3 N–H and O–H groups in total. The molecule has 1 aromatic rings. The van der Waals surface area contributed by atoms with E-state index in [0.29, 0.717) is 6.54 Å². The van der Waals surface area contributed by atoms with Gasteiger partial charge in [0.2, 0.25) is 5.91 Å². The van der Waals surface area contributed by atoms with E-state index >= 15 is 0 Å². The highest BCUT2D eigenvalue weighted by Gasteiger charge is 2.35. The number of amides is 1. The molecule has 0 spiro atoms. The molecule has 20 heavy (non-hydrogen) atoms. The average molecular weight is 278 g/mol. The molecule has 0 radical (unpaired) electrons. The summed E-state index contributed by atoms with van der Waals surface area (Å²) in [5.74, 6) is -0.296. The van der Waals surface area contributed by atoms with Gasteiger partial charge in [-0.15, -0.1) is 0 Å². The van der Waals surface area contributed by atoms with Crippen LogP contribution in [0.15, 0.2) is 6.07 Å². The van der Waals surface area contributed by atoms with Gasteiger partial charge >= 0.3 is 0 Å². The number of aliphatic hydroxyl groups is 1. The summed E-state index contributed by atoms with van der Waals surface area (Å²) in [5, 5.41) is 10.3. The third kappa shape index (κ3) is 2.62. The topological polar surface area (TPSA) is 68.2 Å². The molecule has 1 heterocycles. The fourth-order valence-electron chi connectivity index (χ4n) is 3.09. The number of aliphatic hydroxyl groups excluding tert-OH is 1. The minimum absolute atomic E-state index is 0.0752. The first-order valence-corrected chi connectivity index (χ1v) is 7.20. The van der Waals surface area contributed by atoms with Gasteiger partial charge in [-0.1, -0.05) is 13.8 Å². The fourth-order valence-corrected chi connectivity index (χ4v) is 3.09. The lowest BCUT2D eigenvalue weighted by Gasteiger charge is -2.35. The van der Waals surface area contributed by atoms with Crippen molar-refractivity contribution in [3.05, 3.63) is 23.0 Å². The highest BCUT2D eigenvalue weighted by atomic mass is 16.3. The summed E-state index contributed by atoms with van der Waals surface area (Å²) in [6.07, 6.45) is 1.29. The van der Waals surface area contributed by atoms with Crippen molar-refractivity contribution in [2.24, 2.45) is 16.6 Å². The van der Waals surface area contributed by atoms with Crippen molar-refractivity contribution in [2.45, 2.75) is 60.1 Å². The summed E-state index contributed by atoms with van der Waals surface area (Å²) < 4.78 is 2.16. The van der Waals surface area contributed by atoms with E-state index in [2.05, 4.69) is 18.4 Å². The number of primary amides is 1. The molecule has 1 amide bonds. The summed E-state index contributed by atoms with van der Waals surface area (Å²) in [7, 11) is 0. The molecule has 0 bridgehead atoms. The number of nitrogens with two attached hydrogens (primary N) is 1. The van der Waals surface area contributed by atoms with E-state index in [0.717, 1.165) is 29.8 Å². The molecule has 0 saturated heterocycles. The quantitative estimate of drug-likeness (QED) is 0.891. The molecule has 2 rings (SSSR count). The summed E-state index contributed by atoms with van der Waals surface area (Å²) in [4.78, 5) is 11.6. The van der Waals surface area contributed by atoms with Crippen LogP contribution >= 0.6 is 0 Å². The minimum atomic E-state index is -0.593. The zero-order chi connectivity index (χ0) is 15.3. The second-order valence-corrected chi connectivity index (χ2v) is 7.58.